The summed E-state index contributed by atoms with van der Waals surface area (Å²) in [4.78, 5) is 11.5. The summed E-state index contributed by atoms with van der Waals surface area (Å²) in [7, 11) is 0. The number of rotatable bonds is 3. The van der Waals surface area contributed by atoms with Crippen molar-refractivity contribution in [3.8, 4) is 17.3 Å². The topological polar surface area (TPSA) is 93.9 Å². The fraction of sp³-hybridized carbons (Fsp3) is 0.250. The maximum atomic E-state index is 11.5. The molecule has 6 nitrogen and oxygen atoms in total. The van der Waals surface area contributed by atoms with E-state index in [0.29, 0.717) is 12.2 Å². The molecule has 0 bridgehead atoms. The Bertz CT molecular complexity index is 1010. The molecule has 1 aliphatic rings. The van der Waals surface area contributed by atoms with E-state index in [4.69, 9.17) is 20.8 Å². The molecule has 3 aromatic rings. The van der Waals surface area contributed by atoms with Crippen LogP contribution in [0.4, 0.5) is 0 Å². The van der Waals surface area contributed by atoms with Gasteiger partial charge in [0.15, 0.2) is 6.23 Å². The summed E-state index contributed by atoms with van der Waals surface area (Å²) >= 11 is 0. The van der Waals surface area contributed by atoms with Gasteiger partial charge in [0.05, 0.1) is 24.1 Å². The molecular formula is C20H18N4O2. The molecule has 0 aliphatic carbocycles. The number of hydrogen-bond donors (Lipinski definition) is 1. The molecule has 1 aliphatic heterocycles. The van der Waals surface area contributed by atoms with Crippen LogP contribution in [0.15, 0.2) is 48.5 Å². The van der Waals surface area contributed by atoms with Crippen molar-refractivity contribution in [1.82, 2.24) is 9.78 Å². The molecule has 2 atom stereocenters. The van der Waals surface area contributed by atoms with Crippen molar-refractivity contribution in [1.29, 1.82) is 5.26 Å². The molecule has 2 N–H and O–H groups in total. The second-order valence-electron chi connectivity index (χ2n) is 6.45. The number of nitrogens with two attached hydrogens (primary N) is 1. The van der Waals surface area contributed by atoms with Crippen LogP contribution >= 0.6 is 0 Å². The fourth-order valence-corrected chi connectivity index (χ4v) is 3.37. The van der Waals surface area contributed by atoms with Gasteiger partial charge in [0.25, 0.3) is 0 Å². The number of para-hydroxylation sites is 1. The molecule has 4 rings (SSSR count). The number of aromatic nitrogens is 2. The van der Waals surface area contributed by atoms with E-state index in [2.05, 4.69) is 6.07 Å². The highest BCUT2D eigenvalue weighted by molar-refractivity contribution is 5.97. The Morgan fingerprint density at radius 1 is 1.23 bits per heavy atom. The van der Waals surface area contributed by atoms with Crippen LogP contribution in [0.25, 0.3) is 22.2 Å². The van der Waals surface area contributed by atoms with Crippen LogP contribution in [0.3, 0.4) is 0 Å². The van der Waals surface area contributed by atoms with Crippen molar-refractivity contribution in [3.63, 3.8) is 0 Å². The van der Waals surface area contributed by atoms with Crippen LogP contribution in [0.5, 0.6) is 0 Å². The lowest BCUT2D eigenvalue weighted by molar-refractivity contribution is -0.0515. The number of carbonyl (C=O) groups excluding carboxylic acids is 1. The summed E-state index contributed by atoms with van der Waals surface area (Å²) in [6.07, 6.45) is 1.34. The minimum absolute atomic E-state index is 0.0557. The number of hydrogen-bond acceptors (Lipinski definition) is 4. The molecule has 0 radical (unpaired) electrons. The lowest BCUT2D eigenvalue weighted by Crippen LogP contribution is -2.24. The first-order valence-corrected chi connectivity index (χ1v) is 8.56. The molecule has 6 heteroatoms. The molecule has 1 amide bonds. The third-order valence-electron chi connectivity index (χ3n) is 4.74. The average Bonchev–Trinajstić information content (AvgIpc) is 3.08. The van der Waals surface area contributed by atoms with Gasteiger partial charge >= 0.3 is 0 Å². The van der Waals surface area contributed by atoms with E-state index in [9.17, 15) is 4.79 Å². The van der Waals surface area contributed by atoms with E-state index in [1.165, 1.54) is 0 Å². The standard InChI is InChI=1S/C20H18N4O2/c21-11-13-8-9-18(26-12-13)24-17-7-2-1-6-16(17)19(23-24)14-4-3-5-15(10-14)20(22)25/h1-7,10,13,18H,8-9,12H2,(H2,22,25). The second-order valence-corrected chi connectivity index (χ2v) is 6.45. The van der Waals surface area contributed by atoms with Gasteiger partial charge in [0, 0.05) is 16.5 Å². The Morgan fingerprint density at radius 2 is 2.08 bits per heavy atom. The highest BCUT2D eigenvalue weighted by atomic mass is 16.5. The first-order valence-electron chi connectivity index (χ1n) is 8.56. The molecule has 2 unspecified atom stereocenters. The molecule has 2 aromatic carbocycles. The lowest BCUT2D eigenvalue weighted by Gasteiger charge is -2.26. The summed E-state index contributed by atoms with van der Waals surface area (Å²) in [6.45, 7) is 0.418. The largest absolute Gasteiger partial charge is 0.366 e. The zero-order valence-electron chi connectivity index (χ0n) is 14.1. The van der Waals surface area contributed by atoms with Gasteiger partial charge in [-0.1, -0.05) is 30.3 Å². The SMILES string of the molecule is N#CC1CCC(n2nc(-c3cccc(C(N)=O)c3)c3ccccc32)OC1. The van der Waals surface area contributed by atoms with Gasteiger partial charge in [-0.3, -0.25) is 4.79 Å². The maximum absolute atomic E-state index is 11.5. The quantitative estimate of drug-likeness (QED) is 0.787. The zero-order valence-corrected chi connectivity index (χ0v) is 14.1. The number of carbonyl (C=O) groups is 1. The van der Waals surface area contributed by atoms with Gasteiger partial charge in [0.1, 0.15) is 5.69 Å². The smallest absolute Gasteiger partial charge is 0.248 e. The highest BCUT2D eigenvalue weighted by Crippen LogP contribution is 2.33. The van der Waals surface area contributed by atoms with E-state index in [1.54, 1.807) is 18.2 Å². The first-order chi connectivity index (χ1) is 12.7. The predicted octanol–water partition coefficient (Wildman–Crippen LogP) is 3.25. The zero-order chi connectivity index (χ0) is 18.1. The average molecular weight is 346 g/mol. The van der Waals surface area contributed by atoms with E-state index >= 15 is 0 Å². The molecule has 1 aromatic heterocycles. The first kappa shape index (κ1) is 16.3. The van der Waals surface area contributed by atoms with Crippen LogP contribution < -0.4 is 5.73 Å². The summed E-state index contributed by atoms with van der Waals surface area (Å²) in [5.74, 6) is -0.520. The van der Waals surface area contributed by atoms with Crippen molar-refractivity contribution < 1.29 is 9.53 Å². The lowest BCUT2D eigenvalue weighted by atomic mass is 10.0. The van der Waals surface area contributed by atoms with Crippen molar-refractivity contribution in [2.75, 3.05) is 6.61 Å². The number of fused-ring (bicyclic) bond motifs is 1. The van der Waals surface area contributed by atoms with Crippen LogP contribution in [0.2, 0.25) is 0 Å². The van der Waals surface area contributed by atoms with E-state index in [1.807, 2.05) is 35.0 Å². The van der Waals surface area contributed by atoms with Crippen molar-refractivity contribution in [3.05, 3.63) is 54.1 Å². The third kappa shape index (κ3) is 2.83. The van der Waals surface area contributed by atoms with Crippen LogP contribution in [0.1, 0.15) is 29.4 Å². The van der Waals surface area contributed by atoms with Crippen molar-refractivity contribution in [2.24, 2.45) is 11.7 Å². The number of benzene rings is 2. The Labute approximate surface area is 150 Å². The number of ether oxygens (including phenoxy) is 1. The van der Waals surface area contributed by atoms with Gasteiger partial charge in [0.2, 0.25) is 5.91 Å². The van der Waals surface area contributed by atoms with E-state index in [0.717, 1.165) is 35.0 Å². The Hall–Kier alpha value is -3.17. The molecule has 0 saturated carbocycles. The van der Waals surface area contributed by atoms with Crippen LogP contribution in [0, 0.1) is 17.2 Å². The van der Waals surface area contributed by atoms with Gasteiger partial charge < -0.3 is 10.5 Å². The minimum Gasteiger partial charge on any atom is -0.366 e. The molecule has 130 valence electrons. The van der Waals surface area contributed by atoms with Gasteiger partial charge in [-0.15, -0.1) is 0 Å². The number of amides is 1. The summed E-state index contributed by atoms with van der Waals surface area (Å²) in [6, 6.07) is 17.4. The highest BCUT2D eigenvalue weighted by Gasteiger charge is 2.25. The van der Waals surface area contributed by atoms with Gasteiger partial charge in [-0.25, -0.2) is 4.68 Å². The third-order valence-corrected chi connectivity index (χ3v) is 4.74. The number of nitrogens with zero attached hydrogens (tertiary/aromatic N) is 3. The molecular weight excluding hydrogens is 328 g/mol. The normalized spacial score (nSPS) is 20.0. The van der Waals surface area contributed by atoms with Crippen molar-refractivity contribution >= 4 is 16.8 Å². The Morgan fingerprint density at radius 3 is 2.81 bits per heavy atom. The molecule has 26 heavy (non-hydrogen) atoms. The molecule has 1 saturated heterocycles. The van der Waals surface area contributed by atoms with E-state index in [-0.39, 0.29) is 12.1 Å². The summed E-state index contributed by atoms with van der Waals surface area (Å²) in [5, 5.41) is 14.8. The van der Waals surface area contributed by atoms with Gasteiger partial charge in [-0.05, 0) is 31.0 Å². The number of primary amides is 1. The fourth-order valence-electron chi connectivity index (χ4n) is 3.37. The molecule has 2 heterocycles. The monoisotopic (exact) mass is 346 g/mol. The summed E-state index contributed by atoms with van der Waals surface area (Å²) < 4.78 is 7.77. The van der Waals surface area contributed by atoms with Crippen LogP contribution in [-0.2, 0) is 4.74 Å². The number of nitriles is 1. The minimum atomic E-state index is -0.464. The molecule has 1 fully saturated rings. The Kier molecular flexibility index (Phi) is 4.15. The Balaban J connectivity index is 1.79. The predicted molar refractivity (Wildman–Crippen MR) is 97.0 cm³/mol. The second kappa shape index (κ2) is 6.62. The molecule has 0 spiro atoms. The summed E-state index contributed by atoms with van der Waals surface area (Å²) in [5.41, 5.74) is 8.45. The maximum Gasteiger partial charge on any atom is 0.248 e. The van der Waals surface area contributed by atoms with Crippen molar-refractivity contribution in [2.45, 2.75) is 19.1 Å². The van der Waals surface area contributed by atoms with Crippen LogP contribution in [-0.4, -0.2) is 22.3 Å². The van der Waals surface area contributed by atoms with E-state index < -0.39 is 5.91 Å². The van der Waals surface area contributed by atoms with Gasteiger partial charge in [-0.2, -0.15) is 10.4 Å².